The number of carbonyl (C=O) groups excluding carboxylic acids is 1. The highest BCUT2D eigenvalue weighted by Crippen LogP contribution is 2.39. The van der Waals surface area contributed by atoms with Gasteiger partial charge in [0.2, 0.25) is 0 Å². The quantitative estimate of drug-likeness (QED) is 0.653. The maximum atomic E-state index is 12.2. The Bertz CT molecular complexity index is 739. The first-order valence-electron chi connectivity index (χ1n) is 7.66. The molecular formula is C18H21ClN2O3. The van der Waals surface area contributed by atoms with E-state index in [1.165, 1.54) is 0 Å². The van der Waals surface area contributed by atoms with E-state index in [4.69, 9.17) is 26.8 Å². The van der Waals surface area contributed by atoms with Crippen LogP contribution in [0.15, 0.2) is 24.3 Å². The normalized spacial score (nSPS) is 11.9. The van der Waals surface area contributed by atoms with Gasteiger partial charge in [-0.3, -0.25) is 4.79 Å². The third-order valence-corrected chi connectivity index (χ3v) is 4.04. The van der Waals surface area contributed by atoms with Crippen molar-refractivity contribution < 1.29 is 14.3 Å². The average Bonchev–Trinajstić information content (AvgIpc) is 2.53. The Balaban J connectivity index is 2.66. The molecule has 2 N–H and O–H groups in total. The molecule has 0 aliphatic heterocycles. The summed E-state index contributed by atoms with van der Waals surface area (Å²) in [6.07, 6.45) is 0. The summed E-state index contributed by atoms with van der Waals surface area (Å²) in [7, 11) is 1.58. The molecule has 1 atom stereocenters. The fourth-order valence-corrected chi connectivity index (χ4v) is 2.92. The number of nitrogens with two attached hydrogens (primary N) is 1. The fraction of sp³-hybridized carbons (Fsp3) is 0.333. The Hall–Kier alpha value is -2.27. The van der Waals surface area contributed by atoms with Gasteiger partial charge in [-0.15, -0.1) is 0 Å². The van der Waals surface area contributed by atoms with Gasteiger partial charge in [-0.1, -0.05) is 17.7 Å². The zero-order chi connectivity index (χ0) is 17.9. The van der Waals surface area contributed by atoms with Crippen LogP contribution in [0.25, 0.3) is 11.1 Å². The van der Waals surface area contributed by atoms with Crippen molar-refractivity contribution in [3.8, 4) is 16.9 Å². The molecular weight excluding hydrogens is 328 g/mol. The van der Waals surface area contributed by atoms with E-state index in [9.17, 15) is 4.79 Å². The van der Waals surface area contributed by atoms with Crippen LogP contribution in [0.5, 0.6) is 5.75 Å². The van der Waals surface area contributed by atoms with Crippen LogP contribution in [0.3, 0.4) is 0 Å². The molecule has 24 heavy (non-hydrogen) atoms. The first-order chi connectivity index (χ1) is 11.4. The van der Waals surface area contributed by atoms with Gasteiger partial charge >= 0.3 is 5.97 Å². The second-order valence-corrected chi connectivity index (χ2v) is 5.80. The van der Waals surface area contributed by atoms with Gasteiger partial charge in [-0.25, -0.2) is 4.98 Å². The first kappa shape index (κ1) is 18.1. The minimum atomic E-state index is -0.470. The second-order valence-electron chi connectivity index (χ2n) is 5.45. The Morgan fingerprint density at radius 2 is 2.08 bits per heavy atom. The molecule has 0 saturated carbocycles. The third-order valence-electron chi connectivity index (χ3n) is 3.77. The summed E-state index contributed by atoms with van der Waals surface area (Å²) >= 11 is 6.33. The molecule has 6 heteroatoms. The van der Waals surface area contributed by atoms with Crippen LogP contribution in [0.1, 0.15) is 31.0 Å². The van der Waals surface area contributed by atoms with Crippen LogP contribution in [-0.4, -0.2) is 24.7 Å². The number of hydrogen-bond acceptors (Lipinski definition) is 5. The van der Waals surface area contributed by atoms with Crippen molar-refractivity contribution in [2.24, 2.45) is 0 Å². The molecule has 1 aromatic heterocycles. The van der Waals surface area contributed by atoms with E-state index >= 15 is 0 Å². The molecule has 2 aromatic rings. The summed E-state index contributed by atoms with van der Waals surface area (Å²) in [4.78, 5) is 16.4. The zero-order valence-corrected chi connectivity index (χ0v) is 15.0. The number of hydrogen-bond donors (Lipinski definition) is 1. The molecule has 0 fully saturated rings. The Morgan fingerprint density at radius 1 is 1.38 bits per heavy atom. The van der Waals surface area contributed by atoms with Crippen molar-refractivity contribution in [1.29, 1.82) is 0 Å². The first-order valence-corrected chi connectivity index (χ1v) is 8.04. The topological polar surface area (TPSA) is 74.4 Å². The zero-order valence-electron chi connectivity index (χ0n) is 14.2. The number of methoxy groups -OCH3 is 1. The lowest BCUT2D eigenvalue weighted by Crippen LogP contribution is -2.14. The number of esters is 1. The lowest BCUT2D eigenvalue weighted by Gasteiger charge is -2.18. The molecule has 0 spiro atoms. The largest absolute Gasteiger partial charge is 0.497 e. The molecule has 2 rings (SSSR count). The van der Waals surface area contributed by atoms with Gasteiger partial charge in [-0.2, -0.15) is 0 Å². The van der Waals surface area contributed by atoms with Gasteiger partial charge in [0.15, 0.2) is 0 Å². The summed E-state index contributed by atoms with van der Waals surface area (Å²) in [5, 5.41) is 0.290. The van der Waals surface area contributed by atoms with Crippen molar-refractivity contribution >= 4 is 23.3 Å². The number of aromatic nitrogens is 1. The van der Waals surface area contributed by atoms with E-state index in [1.54, 1.807) is 39.2 Å². The SMILES string of the molecule is CCOC(=O)C(C)c1ccc(OC)cc1-c1c(N)cc(C)nc1Cl. The Morgan fingerprint density at radius 3 is 2.67 bits per heavy atom. The molecule has 1 aromatic carbocycles. The van der Waals surface area contributed by atoms with Gasteiger partial charge < -0.3 is 15.2 Å². The number of anilines is 1. The molecule has 0 bridgehead atoms. The van der Waals surface area contributed by atoms with E-state index in [-0.39, 0.29) is 11.1 Å². The summed E-state index contributed by atoms with van der Waals surface area (Å²) < 4.78 is 10.4. The number of nitrogens with zero attached hydrogens (tertiary/aromatic N) is 1. The molecule has 0 radical (unpaired) electrons. The van der Waals surface area contributed by atoms with Crippen molar-refractivity contribution in [2.75, 3.05) is 19.5 Å². The van der Waals surface area contributed by atoms with E-state index in [0.29, 0.717) is 29.2 Å². The van der Waals surface area contributed by atoms with Gasteiger partial charge in [-0.05, 0) is 50.1 Å². The van der Waals surface area contributed by atoms with Crippen molar-refractivity contribution in [3.63, 3.8) is 0 Å². The molecule has 1 unspecified atom stereocenters. The summed E-state index contributed by atoms with van der Waals surface area (Å²) in [5.74, 6) is -0.137. The number of halogens is 1. The lowest BCUT2D eigenvalue weighted by atomic mass is 9.91. The molecule has 5 nitrogen and oxygen atoms in total. The van der Waals surface area contributed by atoms with Crippen LogP contribution < -0.4 is 10.5 Å². The smallest absolute Gasteiger partial charge is 0.313 e. The Labute approximate surface area is 146 Å². The highest BCUT2D eigenvalue weighted by atomic mass is 35.5. The van der Waals surface area contributed by atoms with E-state index < -0.39 is 5.92 Å². The number of pyridine rings is 1. The summed E-state index contributed by atoms with van der Waals surface area (Å²) in [5.41, 5.74) is 9.45. The van der Waals surface area contributed by atoms with Crippen LogP contribution in [-0.2, 0) is 9.53 Å². The second kappa shape index (κ2) is 7.53. The van der Waals surface area contributed by atoms with Gasteiger partial charge in [0.1, 0.15) is 10.9 Å². The fourth-order valence-electron chi connectivity index (χ4n) is 2.58. The predicted molar refractivity (Wildman–Crippen MR) is 95.4 cm³/mol. The standard InChI is InChI=1S/C18H21ClN2O3/c1-5-24-18(22)11(3)13-7-6-12(23-4)9-14(13)16-15(20)8-10(2)21-17(16)19/h6-9,11H,5H2,1-4H3,(H2,20,21). The third kappa shape index (κ3) is 3.62. The molecule has 128 valence electrons. The number of nitrogen functional groups attached to an aromatic ring is 1. The van der Waals surface area contributed by atoms with Crippen molar-refractivity contribution in [3.05, 3.63) is 40.7 Å². The van der Waals surface area contributed by atoms with Crippen LogP contribution in [0.4, 0.5) is 5.69 Å². The van der Waals surface area contributed by atoms with E-state index in [2.05, 4.69) is 4.98 Å². The van der Waals surface area contributed by atoms with Crippen molar-refractivity contribution in [1.82, 2.24) is 4.98 Å². The van der Waals surface area contributed by atoms with Crippen LogP contribution >= 0.6 is 11.6 Å². The van der Waals surface area contributed by atoms with Crippen LogP contribution in [0, 0.1) is 6.92 Å². The number of carbonyl (C=O) groups is 1. The van der Waals surface area contributed by atoms with Gasteiger partial charge in [0.25, 0.3) is 0 Å². The maximum Gasteiger partial charge on any atom is 0.313 e. The molecule has 1 heterocycles. The van der Waals surface area contributed by atoms with Crippen LogP contribution in [0.2, 0.25) is 5.15 Å². The van der Waals surface area contributed by atoms with Gasteiger partial charge in [0, 0.05) is 16.9 Å². The number of rotatable bonds is 5. The molecule has 0 aliphatic rings. The molecule has 0 amide bonds. The Kier molecular flexibility index (Phi) is 5.67. The monoisotopic (exact) mass is 348 g/mol. The maximum absolute atomic E-state index is 12.2. The van der Waals surface area contributed by atoms with Crippen molar-refractivity contribution in [2.45, 2.75) is 26.7 Å². The minimum Gasteiger partial charge on any atom is -0.497 e. The highest BCUT2D eigenvalue weighted by molar-refractivity contribution is 6.33. The summed E-state index contributed by atoms with van der Waals surface area (Å²) in [6.45, 7) is 5.71. The summed E-state index contributed by atoms with van der Waals surface area (Å²) in [6, 6.07) is 7.17. The van der Waals surface area contributed by atoms with Gasteiger partial charge in [0.05, 0.1) is 19.6 Å². The lowest BCUT2D eigenvalue weighted by molar-refractivity contribution is -0.144. The van der Waals surface area contributed by atoms with E-state index in [1.807, 2.05) is 13.0 Å². The number of benzene rings is 1. The molecule has 0 saturated heterocycles. The molecule has 0 aliphatic carbocycles. The minimum absolute atomic E-state index is 0.290. The number of ether oxygens (including phenoxy) is 2. The number of aryl methyl sites for hydroxylation is 1. The van der Waals surface area contributed by atoms with E-state index in [0.717, 1.165) is 11.3 Å². The average molecular weight is 349 g/mol. The predicted octanol–water partition coefficient (Wildman–Crippen LogP) is 3.97. The highest BCUT2D eigenvalue weighted by Gasteiger charge is 2.23.